The van der Waals surface area contributed by atoms with Crippen molar-refractivity contribution in [1.29, 1.82) is 5.26 Å². The summed E-state index contributed by atoms with van der Waals surface area (Å²) in [6, 6.07) is 16.3. The first-order valence-electron chi connectivity index (χ1n) is 12.0. The molecule has 3 aromatic rings. The highest BCUT2D eigenvalue weighted by Crippen LogP contribution is 2.41. The molecule has 33 heavy (non-hydrogen) atoms. The second kappa shape index (κ2) is 9.33. The van der Waals surface area contributed by atoms with Crippen LogP contribution in [0.3, 0.4) is 0 Å². The fraction of sp³-hybridized carbons (Fsp3) is 0.393. The molecule has 1 amide bonds. The van der Waals surface area contributed by atoms with E-state index in [4.69, 9.17) is 0 Å². The Kier molecular flexibility index (Phi) is 6.11. The summed E-state index contributed by atoms with van der Waals surface area (Å²) in [5, 5.41) is 14.7. The van der Waals surface area contributed by atoms with Gasteiger partial charge in [-0.15, -0.1) is 0 Å². The number of aromatic nitrogens is 1. The third-order valence-electron chi connectivity index (χ3n) is 7.52. The fourth-order valence-corrected chi connectivity index (χ4v) is 5.49. The van der Waals surface area contributed by atoms with E-state index >= 15 is 0 Å². The largest absolute Gasteiger partial charge is 0.326 e. The lowest BCUT2D eigenvalue weighted by Crippen LogP contribution is -2.42. The van der Waals surface area contributed by atoms with Gasteiger partial charge in [-0.1, -0.05) is 31.4 Å². The lowest BCUT2D eigenvalue weighted by atomic mass is 9.71. The SMILES string of the molecule is N#Cc1ccc2c(c1)CN(CCC1(C(=O)Nc3ccc4cnccc4c3)CCCCC1)CC2. The molecular weight excluding hydrogens is 408 g/mol. The van der Waals surface area contributed by atoms with Crippen LogP contribution in [-0.4, -0.2) is 28.9 Å². The predicted molar refractivity (Wildman–Crippen MR) is 131 cm³/mol. The molecule has 2 aromatic carbocycles. The lowest BCUT2D eigenvalue weighted by Gasteiger charge is -2.38. The van der Waals surface area contributed by atoms with Gasteiger partial charge in [-0.3, -0.25) is 14.7 Å². The molecular formula is C28H30N4O. The van der Waals surface area contributed by atoms with Gasteiger partial charge in [0.2, 0.25) is 5.91 Å². The number of amides is 1. The highest BCUT2D eigenvalue weighted by molar-refractivity contribution is 5.97. The van der Waals surface area contributed by atoms with E-state index in [9.17, 15) is 10.1 Å². The summed E-state index contributed by atoms with van der Waals surface area (Å²) in [5.74, 6) is 0.166. The second-order valence-electron chi connectivity index (χ2n) is 9.60. The lowest BCUT2D eigenvalue weighted by molar-refractivity contribution is -0.128. The summed E-state index contributed by atoms with van der Waals surface area (Å²) in [6.07, 6.45) is 10.9. The number of rotatable bonds is 5. The van der Waals surface area contributed by atoms with Gasteiger partial charge in [0, 0.05) is 36.6 Å². The summed E-state index contributed by atoms with van der Waals surface area (Å²) in [4.78, 5) is 20.2. The number of nitrogens with zero attached hydrogens (tertiary/aromatic N) is 3. The van der Waals surface area contributed by atoms with Crippen molar-refractivity contribution in [2.75, 3.05) is 18.4 Å². The van der Waals surface area contributed by atoms with Crippen LogP contribution in [0.5, 0.6) is 0 Å². The number of nitrogens with one attached hydrogen (secondary N) is 1. The molecule has 0 bridgehead atoms. The van der Waals surface area contributed by atoms with Crippen LogP contribution >= 0.6 is 0 Å². The minimum atomic E-state index is -0.305. The zero-order chi connectivity index (χ0) is 22.7. The van der Waals surface area contributed by atoms with Gasteiger partial charge in [0.25, 0.3) is 0 Å². The van der Waals surface area contributed by atoms with Gasteiger partial charge in [0.05, 0.1) is 17.0 Å². The molecule has 1 N–H and O–H groups in total. The van der Waals surface area contributed by atoms with Gasteiger partial charge >= 0.3 is 0 Å². The van der Waals surface area contributed by atoms with Crippen LogP contribution in [0.25, 0.3) is 10.8 Å². The summed E-state index contributed by atoms with van der Waals surface area (Å²) < 4.78 is 0. The van der Waals surface area contributed by atoms with Crippen LogP contribution in [0.1, 0.15) is 55.2 Å². The number of fused-ring (bicyclic) bond motifs is 2. The highest BCUT2D eigenvalue weighted by Gasteiger charge is 2.39. The second-order valence-corrected chi connectivity index (χ2v) is 9.60. The molecule has 168 valence electrons. The maximum absolute atomic E-state index is 13.6. The molecule has 5 nitrogen and oxygen atoms in total. The van der Waals surface area contributed by atoms with E-state index in [2.05, 4.69) is 27.3 Å². The summed E-state index contributed by atoms with van der Waals surface area (Å²) >= 11 is 0. The predicted octanol–water partition coefficient (Wildman–Crippen LogP) is 5.44. The highest BCUT2D eigenvalue weighted by atomic mass is 16.2. The monoisotopic (exact) mass is 438 g/mol. The Labute approximate surface area is 195 Å². The molecule has 2 aliphatic rings. The number of benzene rings is 2. The van der Waals surface area contributed by atoms with Gasteiger partial charge in [0.1, 0.15) is 0 Å². The zero-order valence-electron chi connectivity index (χ0n) is 19.0. The molecule has 5 heteroatoms. The van der Waals surface area contributed by atoms with Crippen molar-refractivity contribution >= 4 is 22.4 Å². The van der Waals surface area contributed by atoms with E-state index in [1.807, 2.05) is 42.6 Å². The van der Waals surface area contributed by atoms with Crippen molar-refractivity contribution in [1.82, 2.24) is 9.88 Å². The molecule has 1 aliphatic carbocycles. The summed E-state index contributed by atoms with van der Waals surface area (Å²) in [7, 11) is 0. The average molecular weight is 439 g/mol. The van der Waals surface area contributed by atoms with E-state index in [0.717, 1.165) is 80.2 Å². The first-order valence-corrected chi connectivity index (χ1v) is 12.0. The van der Waals surface area contributed by atoms with E-state index in [0.29, 0.717) is 0 Å². The molecule has 0 saturated heterocycles. The van der Waals surface area contributed by atoms with Gasteiger partial charge in [-0.25, -0.2) is 0 Å². The third-order valence-corrected chi connectivity index (χ3v) is 7.52. The van der Waals surface area contributed by atoms with Crippen LogP contribution in [-0.2, 0) is 17.8 Å². The number of hydrogen-bond acceptors (Lipinski definition) is 4. The summed E-state index contributed by atoms with van der Waals surface area (Å²) in [5.41, 5.74) is 3.89. The van der Waals surface area contributed by atoms with E-state index in [-0.39, 0.29) is 11.3 Å². The van der Waals surface area contributed by atoms with E-state index < -0.39 is 0 Å². The summed E-state index contributed by atoms with van der Waals surface area (Å²) in [6.45, 7) is 2.78. The topological polar surface area (TPSA) is 69.0 Å². The number of nitriles is 1. The molecule has 1 aromatic heterocycles. The maximum atomic E-state index is 13.6. The maximum Gasteiger partial charge on any atom is 0.230 e. The van der Waals surface area contributed by atoms with Crippen molar-refractivity contribution in [2.45, 2.75) is 51.5 Å². The Morgan fingerprint density at radius 3 is 2.79 bits per heavy atom. The number of anilines is 1. The van der Waals surface area contributed by atoms with Crippen LogP contribution in [0.15, 0.2) is 54.9 Å². The third kappa shape index (κ3) is 4.62. The Balaban J connectivity index is 1.29. The number of carbonyl (C=O) groups is 1. The Hall–Kier alpha value is -3.23. The molecule has 0 radical (unpaired) electrons. The first kappa shape index (κ1) is 21.6. The average Bonchev–Trinajstić information content (AvgIpc) is 2.87. The molecule has 2 heterocycles. The van der Waals surface area contributed by atoms with E-state index in [1.165, 1.54) is 17.5 Å². The van der Waals surface area contributed by atoms with Gasteiger partial charge < -0.3 is 5.32 Å². The number of pyridine rings is 1. The number of hydrogen-bond donors (Lipinski definition) is 1. The van der Waals surface area contributed by atoms with Crippen molar-refractivity contribution < 1.29 is 4.79 Å². The van der Waals surface area contributed by atoms with E-state index in [1.54, 1.807) is 6.20 Å². The van der Waals surface area contributed by atoms with Gasteiger partial charge in [0.15, 0.2) is 0 Å². The standard InChI is InChI=1S/C28H30N4O/c29-18-21-4-5-22-9-14-32(20-25(22)16-21)15-12-28(10-2-1-3-11-28)27(33)31-26-7-6-24-19-30-13-8-23(24)17-26/h4-8,13,16-17,19H,1-3,9-12,14-15,20H2,(H,31,33). The van der Waals surface area contributed by atoms with Crippen LogP contribution < -0.4 is 5.32 Å². The van der Waals surface area contributed by atoms with Crippen LogP contribution in [0.2, 0.25) is 0 Å². The normalized spacial score (nSPS) is 17.8. The van der Waals surface area contributed by atoms with Crippen LogP contribution in [0.4, 0.5) is 5.69 Å². The fourth-order valence-electron chi connectivity index (χ4n) is 5.49. The molecule has 0 spiro atoms. The molecule has 1 saturated carbocycles. The van der Waals surface area contributed by atoms with Crippen molar-refractivity contribution in [2.24, 2.45) is 5.41 Å². The molecule has 0 atom stereocenters. The van der Waals surface area contributed by atoms with Gasteiger partial charge in [-0.2, -0.15) is 5.26 Å². The van der Waals surface area contributed by atoms with Crippen molar-refractivity contribution in [3.63, 3.8) is 0 Å². The number of carbonyl (C=O) groups excluding carboxylic acids is 1. The Bertz CT molecular complexity index is 1210. The molecule has 5 rings (SSSR count). The van der Waals surface area contributed by atoms with Crippen molar-refractivity contribution in [3.8, 4) is 6.07 Å². The van der Waals surface area contributed by atoms with Crippen LogP contribution in [0, 0.1) is 16.7 Å². The smallest absolute Gasteiger partial charge is 0.230 e. The molecule has 0 unspecified atom stereocenters. The first-order chi connectivity index (χ1) is 16.1. The minimum Gasteiger partial charge on any atom is -0.326 e. The quantitative estimate of drug-likeness (QED) is 0.576. The zero-order valence-corrected chi connectivity index (χ0v) is 19.0. The van der Waals surface area contributed by atoms with Crippen molar-refractivity contribution in [3.05, 3.63) is 71.5 Å². The molecule has 1 aliphatic heterocycles. The molecule has 1 fully saturated rings. The van der Waals surface area contributed by atoms with Gasteiger partial charge in [-0.05, 0) is 79.1 Å². The Morgan fingerprint density at radius 1 is 1.06 bits per heavy atom. The Morgan fingerprint density at radius 2 is 1.94 bits per heavy atom. The minimum absolute atomic E-state index is 0.166.